The van der Waals surface area contributed by atoms with E-state index < -0.39 is 11.0 Å². The zero-order valence-corrected chi connectivity index (χ0v) is 11.0. The Morgan fingerprint density at radius 3 is 2.79 bits per heavy atom. The number of nitrogens with zero attached hydrogens (tertiary/aromatic N) is 5. The van der Waals surface area contributed by atoms with Crippen molar-refractivity contribution in [2.75, 3.05) is 0 Å². The molecule has 0 amide bonds. The molecule has 1 aromatic carbocycles. The van der Waals surface area contributed by atoms with Crippen LogP contribution < -0.4 is 0 Å². The Kier molecular flexibility index (Phi) is 3.76. The first-order valence-corrected chi connectivity index (χ1v) is 6.17. The molecule has 1 unspecified atom stereocenters. The van der Waals surface area contributed by atoms with Crippen LogP contribution in [0.3, 0.4) is 0 Å². The standard InChI is InChI=1S/C10H11N5O3S/c1-6(16)7-3-4-9(8(5-7)15(17)18)19-10-11-12-13-14(10)2/h3-6,16H,1-2H3. The molecular weight excluding hydrogens is 270 g/mol. The van der Waals surface area contributed by atoms with Gasteiger partial charge in [0.1, 0.15) is 0 Å². The summed E-state index contributed by atoms with van der Waals surface area (Å²) < 4.78 is 1.43. The van der Waals surface area contributed by atoms with Gasteiger partial charge < -0.3 is 5.11 Å². The molecular formula is C10H11N5O3S. The molecule has 0 saturated heterocycles. The highest BCUT2D eigenvalue weighted by molar-refractivity contribution is 7.99. The Bertz CT molecular complexity index is 613. The number of aliphatic hydroxyl groups excluding tert-OH is 1. The van der Waals surface area contributed by atoms with E-state index in [1.807, 2.05) is 0 Å². The summed E-state index contributed by atoms with van der Waals surface area (Å²) >= 11 is 1.10. The van der Waals surface area contributed by atoms with E-state index >= 15 is 0 Å². The fraction of sp³-hybridized carbons (Fsp3) is 0.300. The van der Waals surface area contributed by atoms with Gasteiger partial charge in [-0.1, -0.05) is 6.07 Å². The van der Waals surface area contributed by atoms with Crippen molar-refractivity contribution in [3.05, 3.63) is 33.9 Å². The first-order chi connectivity index (χ1) is 8.99. The van der Waals surface area contributed by atoms with Crippen molar-refractivity contribution >= 4 is 17.4 Å². The van der Waals surface area contributed by atoms with Gasteiger partial charge in [-0.15, -0.1) is 5.10 Å². The SMILES string of the molecule is CC(O)c1ccc(Sc2nnnn2C)c([N+](=O)[O-])c1. The number of benzene rings is 1. The minimum atomic E-state index is -0.755. The largest absolute Gasteiger partial charge is 0.389 e. The maximum atomic E-state index is 11.1. The third-order valence-corrected chi connectivity index (χ3v) is 3.54. The van der Waals surface area contributed by atoms with E-state index in [4.69, 9.17) is 0 Å². The van der Waals surface area contributed by atoms with Crippen molar-refractivity contribution in [1.82, 2.24) is 20.2 Å². The fourth-order valence-corrected chi connectivity index (χ4v) is 2.25. The van der Waals surface area contributed by atoms with Gasteiger partial charge in [0.05, 0.1) is 15.9 Å². The van der Waals surface area contributed by atoms with E-state index in [0.717, 1.165) is 11.8 Å². The number of nitro benzene ring substituents is 1. The lowest BCUT2D eigenvalue weighted by molar-refractivity contribution is -0.387. The van der Waals surface area contributed by atoms with Crippen LogP contribution in [0, 0.1) is 10.1 Å². The second-order valence-corrected chi connectivity index (χ2v) is 4.86. The molecule has 9 heteroatoms. The molecule has 0 aliphatic carbocycles. The Morgan fingerprint density at radius 2 is 2.26 bits per heavy atom. The highest BCUT2D eigenvalue weighted by atomic mass is 32.2. The Labute approximate surface area is 112 Å². The second-order valence-electron chi connectivity index (χ2n) is 3.85. The maximum Gasteiger partial charge on any atom is 0.283 e. The fourth-order valence-electron chi connectivity index (χ4n) is 1.43. The third-order valence-electron chi connectivity index (χ3n) is 2.44. The molecule has 100 valence electrons. The summed E-state index contributed by atoms with van der Waals surface area (Å²) in [6, 6.07) is 4.58. The van der Waals surface area contributed by atoms with E-state index in [9.17, 15) is 15.2 Å². The number of aromatic nitrogens is 4. The van der Waals surface area contributed by atoms with Crippen LogP contribution >= 0.6 is 11.8 Å². The molecule has 0 bridgehead atoms. The van der Waals surface area contributed by atoms with Gasteiger partial charge in [-0.25, -0.2) is 4.68 Å². The molecule has 0 radical (unpaired) electrons. The first kappa shape index (κ1) is 13.4. The quantitative estimate of drug-likeness (QED) is 0.665. The first-order valence-electron chi connectivity index (χ1n) is 5.35. The molecule has 0 spiro atoms. The van der Waals surface area contributed by atoms with E-state index in [-0.39, 0.29) is 5.69 Å². The van der Waals surface area contributed by atoms with Crippen LogP contribution in [0.1, 0.15) is 18.6 Å². The van der Waals surface area contributed by atoms with E-state index in [1.165, 1.54) is 10.7 Å². The van der Waals surface area contributed by atoms with Crippen molar-refractivity contribution in [2.45, 2.75) is 23.1 Å². The van der Waals surface area contributed by atoms with Gasteiger partial charge in [-0.3, -0.25) is 10.1 Å². The Hall–Kier alpha value is -2.00. The van der Waals surface area contributed by atoms with Crippen molar-refractivity contribution < 1.29 is 10.0 Å². The molecule has 1 atom stereocenters. The Morgan fingerprint density at radius 1 is 1.53 bits per heavy atom. The van der Waals surface area contributed by atoms with Crippen LogP contribution in [0.25, 0.3) is 0 Å². The van der Waals surface area contributed by atoms with Gasteiger partial charge in [0.25, 0.3) is 5.69 Å². The topological polar surface area (TPSA) is 107 Å². The average molecular weight is 281 g/mol. The summed E-state index contributed by atoms with van der Waals surface area (Å²) in [7, 11) is 1.65. The number of hydrogen-bond acceptors (Lipinski definition) is 7. The van der Waals surface area contributed by atoms with Gasteiger partial charge in [0, 0.05) is 13.1 Å². The molecule has 1 N–H and O–H groups in total. The average Bonchev–Trinajstić information content (AvgIpc) is 2.75. The summed E-state index contributed by atoms with van der Waals surface area (Å²) in [6.07, 6.45) is -0.755. The van der Waals surface area contributed by atoms with Gasteiger partial charge >= 0.3 is 0 Å². The lowest BCUT2D eigenvalue weighted by Crippen LogP contribution is -1.98. The van der Waals surface area contributed by atoms with Gasteiger partial charge in [-0.2, -0.15) is 0 Å². The maximum absolute atomic E-state index is 11.1. The lowest BCUT2D eigenvalue weighted by atomic mass is 10.1. The van der Waals surface area contributed by atoms with Crippen molar-refractivity contribution in [3.63, 3.8) is 0 Å². The molecule has 19 heavy (non-hydrogen) atoms. The van der Waals surface area contributed by atoms with E-state index in [1.54, 1.807) is 26.1 Å². The van der Waals surface area contributed by atoms with Crippen LogP contribution in [-0.4, -0.2) is 30.2 Å². The van der Waals surface area contributed by atoms with Crippen LogP contribution in [0.15, 0.2) is 28.3 Å². The molecule has 0 saturated carbocycles. The lowest BCUT2D eigenvalue weighted by Gasteiger charge is -2.06. The monoisotopic (exact) mass is 281 g/mol. The minimum Gasteiger partial charge on any atom is -0.389 e. The van der Waals surface area contributed by atoms with Crippen LogP contribution in [-0.2, 0) is 7.05 Å². The molecule has 8 nitrogen and oxygen atoms in total. The number of aliphatic hydroxyl groups is 1. The smallest absolute Gasteiger partial charge is 0.283 e. The Balaban J connectivity index is 2.40. The summed E-state index contributed by atoms with van der Waals surface area (Å²) in [5.74, 6) is 0. The number of nitro groups is 1. The van der Waals surface area contributed by atoms with Crippen LogP contribution in [0.2, 0.25) is 0 Å². The number of tetrazole rings is 1. The zero-order chi connectivity index (χ0) is 14.0. The summed E-state index contributed by atoms with van der Waals surface area (Å²) in [5.41, 5.74) is 0.415. The third kappa shape index (κ3) is 2.88. The summed E-state index contributed by atoms with van der Waals surface area (Å²) in [4.78, 5) is 11.0. The van der Waals surface area contributed by atoms with Crippen molar-refractivity contribution in [3.8, 4) is 0 Å². The molecule has 2 rings (SSSR count). The van der Waals surface area contributed by atoms with Gasteiger partial charge in [0.15, 0.2) is 0 Å². The van der Waals surface area contributed by atoms with E-state index in [2.05, 4.69) is 15.5 Å². The summed E-state index contributed by atoms with van der Waals surface area (Å²) in [6.45, 7) is 1.55. The van der Waals surface area contributed by atoms with Crippen LogP contribution in [0.5, 0.6) is 0 Å². The molecule has 0 aliphatic heterocycles. The molecule has 0 fully saturated rings. The predicted molar refractivity (Wildman–Crippen MR) is 66.7 cm³/mol. The normalized spacial score (nSPS) is 12.4. The van der Waals surface area contributed by atoms with Crippen molar-refractivity contribution in [1.29, 1.82) is 0 Å². The number of hydrogen-bond donors (Lipinski definition) is 1. The number of aryl methyl sites for hydroxylation is 1. The van der Waals surface area contributed by atoms with Crippen molar-refractivity contribution in [2.24, 2.45) is 7.05 Å². The number of rotatable bonds is 4. The highest BCUT2D eigenvalue weighted by Crippen LogP contribution is 2.34. The highest BCUT2D eigenvalue weighted by Gasteiger charge is 2.19. The van der Waals surface area contributed by atoms with E-state index in [0.29, 0.717) is 15.6 Å². The predicted octanol–water partition coefficient (Wildman–Crippen LogP) is 1.32. The van der Waals surface area contributed by atoms with Gasteiger partial charge in [0.2, 0.25) is 5.16 Å². The van der Waals surface area contributed by atoms with Crippen LogP contribution in [0.4, 0.5) is 5.69 Å². The second kappa shape index (κ2) is 5.33. The molecule has 1 heterocycles. The molecule has 0 aliphatic rings. The molecule has 2 aromatic rings. The zero-order valence-electron chi connectivity index (χ0n) is 10.2. The minimum absolute atomic E-state index is 0.0774. The molecule has 1 aromatic heterocycles. The van der Waals surface area contributed by atoms with Gasteiger partial charge in [-0.05, 0) is 40.7 Å². The summed E-state index contributed by atoms with van der Waals surface area (Å²) in [5, 5.41) is 31.9.